The van der Waals surface area contributed by atoms with Crippen molar-refractivity contribution in [2.45, 2.75) is 20.3 Å². The van der Waals surface area contributed by atoms with Crippen LogP contribution in [0.15, 0.2) is 41.1 Å². The summed E-state index contributed by atoms with van der Waals surface area (Å²) in [5, 5.41) is 4.04. The number of pyridine rings is 1. The SMILES string of the molecule is CCc1cccnc1-c1noc(-c2cccc(C)c2N)n1. The third-order valence-electron chi connectivity index (χ3n) is 3.46. The lowest BCUT2D eigenvalue weighted by atomic mass is 10.1. The molecule has 5 heteroatoms. The minimum absolute atomic E-state index is 0.416. The predicted octanol–water partition coefficient (Wildman–Crippen LogP) is 3.25. The van der Waals surface area contributed by atoms with Gasteiger partial charge in [-0.15, -0.1) is 0 Å². The first-order valence-electron chi connectivity index (χ1n) is 6.84. The summed E-state index contributed by atoms with van der Waals surface area (Å²) in [6, 6.07) is 9.66. The zero-order chi connectivity index (χ0) is 14.8. The Morgan fingerprint density at radius 1 is 1.19 bits per heavy atom. The maximum absolute atomic E-state index is 6.08. The molecule has 0 bridgehead atoms. The molecule has 2 N–H and O–H groups in total. The van der Waals surface area contributed by atoms with E-state index in [1.165, 1.54) is 0 Å². The summed E-state index contributed by atoms with van der Waals surface area (Å²) >= 11 is 0. The van der Waals surface area contributed by atoms with E-state index in [1.807, 2.05) is 37.3 Å². The van der Waals surface area contributed by atoms with Crippen molar-refractivity contribution in [3.63, 3.8) is 0 Å². The van der Waals surface area contributed by atoms with Crippen LogP contribution in [-0.4, -0.2) is 15.1 Å². The second kappa shape index (κ2) is 5.36. The summed E-state index contributed by atoms with van der Waals surface area (Å²) in [6.07, 6.45) is 2.59. The normalized spacial score (nSPS) is 10.8. The van der Waals surface area contributed by atoms with Crippen molar-refractivity contribution < 1.29 is 4.52 Å². The molecule has 21 heavy (non-hydrogen) atoms. The average Bonchev–Trinajstić information content (AvgIpc) is 2.99. The second-order valence-electron chi connectivity index (χ2n) is 4.82. The van der Waals surface area contributed by atoms with Crippen molar-refractivity contribution in [2.75, 3.05) is 5.73 Å². The van der Waals surface area contributed by atoms with Gasteiger partial charge in [0, 0.05) is 11.9 Å². The highest BCUT2D eigenvalue weighted by Gasteiger charge is 2.16. The van der Waals surface area contributed by atoms with Gasteiger partial charge in [0.2, 0.25) is 5.82 Å². The van der Waals surface area contributed by atoms with Gasteiger partial charge in [-0.05, 0) is 36.6 Å². The molecule has 5 nitrogen and oxygen atoms in total. The van der Waals surface area contributed by atoms with Gasteiger partial charge >= 0.3 is 0 Å². The van der Waals surface area contributed by atoms with E-state index < -0.39 is 0 Å². The summed E-state index contributed by atoms with van der Waals surface area (Å²) < 4.78 is 5.36. The molecule has 0 spiro atoms. The minimum atomic E-state index is 0.416. The van der Waals surface area contributed by atoms with E-state index in [0.29, 0.717) is 17.4 Å². The molecule has 2 aromatic heterocycles. The molecule has 0 atom stereocenters. The highest BCUT2D eigenvalue weighted by molar-refractivity contribution is 5.74. The van der Waals surface area contributed by atoms with Crippen LogP contribution in [0.3, 0.4) is 0 Å². The van der Waals surface area contributed by atoms with Gasteiger partial charge in [-0.1, -0.05) is 30.3 Å². The first-order chi connectivity index (χ1) is 10.2. The summed E-state index contributed by atoms with van der Waals surface area (Å²) in [7, 11) is 0. The first-order valence-corrected chi connectivity index (χ1v) is 6.84. The van der Waals surface area contributed by atoms with Crippen LogP contribution < -0.4 is 5.73 Å². The molecule has 0 aliphatic carbocycles. The van der Waals surface area contributed by atoms with Gasteiger partial charge in [0.1, 0.15) is 5.69 Å². The summed E-state index contributed by atoms with van der Waals surface area (Å²) in [5.74, 6) is 0.905. The van der Waals surface area contributed by atoms with Crippen LogP contribution in [-0.2, 0) is 6.42 Å². The van der Waals surface area contributed by atoms with Gasteiger partial charge in [-0.3, -0.25) is 4.98 Å². The van der Waals surface area contributed by atoms with Gasteiger partial charge in [0.15, 0.2) is 0 Å². The van der Waals surface area contributed by atoms with E-state index in [0.717, 1.165) is 28.8 Å². The predicted molar refractivity (Wildman–Crippen MR) is 81.5 cm³/mol. The van der Waals surface area contributed by atoms with Gasteiger partial charge < -0.3 is 10.3 Å². The molecule has 0 aliphatic heterocycles. The Morgan fingerprint density at radius 2 is 2.05 bits per heavy atom. The fourth-order valence-corrected chi connectivity index (χ4v) is 2.22. The Balaban J connectivity index is 2.06. The number of benzene rings is 1. The summed E-state index contributed by atoms with van der Waals surface area (Å²) in [6.45, 7) is 4.02. The Kier molecular flexibility index (Phi) is 3.39. The van der Waals surface area contributed by atoms with Crippen LogP contribution >= 0.6 is 0 Å². The third-order valence-corrected chi connectivity index (χ3v) is 3.46. The van der Waals surface area contributed by atoms with Crippen LogP contribution in [0.1, 0.15) is 18.1 Å². The summed E-state index contributed by atoms with van der Waals surface area (Å²) in [4.78, 5) is 8.79. The third kappa shape index (κ3) is 2.38. The number of nitrogen functional groups attached to an aromatic ring is 1. The largest absolute Gasteiger partial charge is 0.398 e. The molecule has 106 valence electrons. The number of aryl methyl sites for hydroxylation is 2. The lowest BCUT2D eigenvalue weighted by Gasteiger charge is -2.03. The van der Waals surface area contributed by atoms with E-state index >= 15 is 0 Å². The number of nitrogens with two attached hydrogens (primary N) is 1. The van der Waals surface area contributed by atoms with Crippen LogP contribution in [0.5, 0.6) is 0 Å². The number of rotatable bonds is 3. The van der Waals surface area contributed by atoms with Crippen LogP contribution in [0.4, 0.5) is 5.69 Å². The Labute approximate surface area is 122 Å². The maximum atomic E-state index is 6.08. The van der Waals surface area contributed by atoms with Crippen LogP contribution in [0.2, 0.25) is 0 Å². The number of anilines is 1. The lowest BCUT2D eigenvalue weighted by molar-refractivity contribution is 0.432. The molecule has 0 saturated heterocycles. The second-order valence-corrected chi connectivity index (χ2v) is 4.82. The smallest absolute Gasteiger partial charge is 0.260 e. The molecule has 0 saturated carbocycles. The highest BCUT2D eigenvalue weighted by atomic mass is 16.5. The zero-order valence-corrected chi connectivity index (χ0v) is 12.0. The van der Waals surface area contributed by atoms with Gasteiger partial charge in [-0.2, -0.15) is 4.98 Å². The van der Waals surface area contributed by atoms with E-state index in [1.54, 1.807) is 6.20 Å². The van der Waals surface area contributed by atoms with Crippen molar-refractivity contribution in [1.29, 1.82) is 0 Å². The fraction of sp³-hybridized carbons (Fsp3) is 0.188. The molecule has 1 aromatic carbocycles. The van der Waals surface area contributed by atoms with Crippen molar-refractivity contribution in [3.8, 4) is 23.0 Å². The van der Waals surface area contributed by atoms with Crippen LogP contribution in [0, 0.1) is 6.92 Å². The van der Waals surface area contributed by atoms with E-state index in [9.17, 15) is 0 Å². The zero-order valence-electron chi connectivity index (χ0n) is 12.0. The molecule has 3 aromatic rings. The maximum Gasteiger partial charge on any atom is 0.260 e. The highest BCUT2D eigenvalue weighted by Crippen LogP contribution is 2.29. The molecule has 2 heterocycles. The number of nitrogens with zero attached hydrogens (tertiary/aromatic N) is 3. The number of para-hydroxylation sites is 1. The Bertz CT molecular complexity index is 779. The minimum Gasteiger partial charge on any atom is -0.398 e. The summed E-state index contributed by atoms with van der Waals surface area (Å²) in [5.41, 5.74) is 10.3. The van der Waals surface area contributed by atoms with Crippen molar-refractivity contribution in [3.05, 3.63) is 47.7 Å². The Hall–Kier alpha value is -2.69. The molecule has 0 amide bonds. The monoisotopic (exact) mass is 280 g/mol. The molecule has 3 rings (SSSR count). The fourth-order valence-electron chi connectivity index (χ4n) is 2.22. The molecule has 0 fully saturated rings. The molecule has 0 aliphatic rings. The molecular weight excluding hydrogens is 264 g/mol. The van der Waals surface area contributed by atoms with Crippen molar-refractivity contribution in [1.82, 2.24) is 15.1 Å². The molecular formula is C16H16N4O. The Morgan fingerprint density at radius 3 is 2.86 bits per heavy atom. The van der Waals surface area contributed by atoms with Gasteiger partial charge in [0.25, 0.3) is 5.89 Å². The average molecular weight is 280 g/mol. The number of hydrogen-bond donors (Lipinski definition) is 1. The van der Waals surface area contributed by atoms with Crippen molar-refractivity contribution in [2.24, 2.45) is 0 Å². The van der Waals surface area contributed by atoms with E-state index in [-0.39, 0.29) is 0 Å². The van der Waals surface area contributed by atoms with Gasteiger partial charge in [0.05, 0.1) is 5.56 Å². The van der Waals surface area contributed by atoms with Crippen molar-refractivity contribution >= 4 is 5.69 Å². The first kappa shape index (κ1) is 13.3. The topological polar surface area (TPSA) is 77.8 Å². The molecule has 0 radical (unpaired) electrons. The molecule has 0 unspecified atom stereocenters. The standard InChI is InChI=1S/C16H16N4O/c1-3-11-7-5-9-18-14(11)15-19-16(21-20-15)12-8-4-6-10(2)13(12)17/h4-9H,3,17H2,1-2H3. The van der Waals surface area contributed by atoms with Gasteiger partial charge in [-0.25, -0.2) is 0 Å². The number of aromatic nitrogens is 3. The van der Waals surface area contributed by atoms with Crippen LogP contribution in [0.25, 0.3) is 23.0 Å². The quantitative estimate of drug-likeness (QED) is 0.745. The van der Waals surface area contributed by atoms with E-state index in [2.05, 4.69) is 22.0 Å². The van der Waals surface area contributed by atoms with E-state index in [4.69, 9.17) is 10.3 Å². The lowest BCUT2D eigenvalue weighted by Crippen LogP contribution is -1.94. The number of hydrogen-bond acceptors (Lipinski definition) is 5.